The van der Waals surface area contributed by atoms with Gasteiger partial charge in [-0.3, -0.25) is 0 Å². The van der Waals surface area contributed by atoms with E-state index in [1.807, 2.05) is 0 Å². The van der Waals surface area contributed by atoms with Gasteiger partial charge in [-0.1, -0.05) is 31.4 Å². The molecule has 20 heavy (non-hydrogen) atoms. The van der Waals surface area contributed by atoms with Gasteiger partial charge in [-0.25, -0.2) is 4.98 Å². The van der Waals surface area contributed by atoms with E-state index in [4.69, 9.17) is 11.6 Å². The third kappa shape index (κ3) is 4.27. The van der Waals surface area contributed by atoms with Crippen LogP contribution in [0.25, 0.3) is 0 Å². The summed E-state index contributed by atoms with van der Waals surface area (Å²) in [5.41, 5.74) is -0.766. The summed E-state index contributed by atoms with van der Waals surface area (Å²) in [6.07, 6.45) is 0.192. The number of alkyl halides is 3. The highest BCUT2D eigenvalue weighted by atomic mass is 35.5. The predicted molar refractivity (Wildman–Crippen MR) is 73.9 cm³/mol. The summed E-state index contributed by atoms with van der Waals surface area (Å²) in [6, 6.07) is 1.85. The fraction of sp³-hybridized carbons (Fsp3) is 0.643. The average molecular weight is 307 g/mol. The first-order chi connectivity index (χ1) is 9.34. The van der Waals surface area contributed by atoms with Crippen molar-refractivity contribution < 1.29 is 13.2 Å². The lowest BCUT2D eigenvalue weighted by atomic mass is 9.83. The van der Waals surface area contributed by atoms with Gasteiger partial charge < -0.3 is 5.32 Å². The van der Waals surface area contributed by atoms with E-state index in [0.717, 1.165) is 30.9 Å². The molecular weight excluding hydrogens is 289 g/mol. The standard InChI is InChI=1S/C14H18ClF3N2/c1-9-2-4-10(5-3-9)8-19-13-7-11(14(16,17)18)6-12(15)20-13/h6-7,9-10H,2-5,8H2,1H3,(H,19,20). The zero-order chi connectivity index (χ0) is 14.8. The highest BCUT2D eigenvalue weighted by molar-refractivity contribution is 6.29. The summed E-state index contributed by atoms with van der Waals surface area (Å²) in [5.74, 6) is 1.46. The molecule has 1 aromatic heterocycles. The molecule has 0 unspecified atom stereocenters. The normalized spacial score (nSPS) is 23.6. The number of anilines is 1. The molecule has 1 aromatic rings. The number of aromatic nitrogens is 1. The van der Waals surface area contributed by atoms with Crippen LogP contribution in [-0.4, -0.2) is 11.5 Å². The molecule has 0 atom stereocenters. The lowest BCUT2D eigenvalue weighted by Crippen LogP contribution is -2.20. The zero-order valence-electron chi connectivity index (χ0n) is 11.3. The smallest absolute Gasteiger partial charge is 0.370 e. The summed E-state index contributed by atoms with van der Waals surface area (Å²) in [7, 11) is 0. The van der Waals surface area contributed by atoms with Crippen molar-refractivity contribution in [3.05, 3.63) is 22.8 Å². The molecule has 1 aliphatic carbocycles. The van der Waals surface area contributed by atoms with Gasteiger partial charge in [0.2, 0.25) is 0 Å². The van der Waals surface area contributed by atoms with Gasteiger partial charge >= 0.3 is 6.18 Å². The molecule has 2 nitrogen and oxygen atoms in total. The monoisotopic (exact) mass is 306 g/mol. The van der Waals surface area contributed by atoms with Crippen LogP contribution >= 0.6 is 11.6 Å². The maximum Gasteiger partial charge on any atom is 0.416 e. The fourth-order valence-corrected chi connectivity index (χ4v) is 2.74. The Bertz CT molecular complexity index is 454. The molecule has 0 saturated heterocycles. The summed E-state index contributed by atoms with van der Waals surface area (Å²) in [4.78, 5) is 3.90. The van der Waals surface area contributed by atoms with E-state index in [0.29, 0.717) is 12.5 Å². The maximum absolute atomic E-state index is 12.7. The van der Waals surface area contributed by atoms with Crippen LogP contribution in [0.4, 0.5) is 19.0 Å². The minimum absolute atomic E-state index is 0.139. The van der Waals surface area contributed by atoms with Crippen LogP contribution in [0.3, 0.4) is 0 Å². The van der Waals surface area contributed by atoms with Crippen molar-refractivity contribution in [1.29, 1.82) is 0 Å². The molecule has 0 radical (unpaired) electrons. The van der Waals surface area contributed by atoms with E-state index in [-0.39, 0.29) is 11.0 Å². The largest absolute Gasteiger partial charge is 0.416 e. The molecule has 1 aliphatic rings. The molecule has 1 heterocycles. The van der Waals surface area contributed by atoms with E-state index in [2.05, 4.69) is 17.2 Å². The Balaban J connectivity index is 1.97. The fourth-order valence-electron chi connectivity index (χ4n) is 2.53. The SMILES string of the molecule is CC1CCC(CNc2cc(C(F)(F)F)cc(Cl)n2)CC1. The van der Waals surface area contributed by atoms with Gasteiger partial charge in [-0.2, -0.15) is 13.2 Å². The molecule has 1 N–H and O–H groups in total. The van der Waals surface area contributed by atoms with Crippen molar-refractivity contribution in [3.8, 4) is 0 Å². The number of hydrogen-bond acceptors (Lipinski definition) is 2. The van der Waals surface area contributed by atoms with E-state index in [9.17, 15) is 13.2 Å². The third-order valence-corrected chi connectivity index (χ3v) is 4.02. The lowest BCUT2D eigenvalue weighted by Gasteiger charge is -2.26. The van der Waals surface area contributed by atoms with Crippen molar-refractivity contribution in [3.63, 3.8) is 0 Å². The number of pyridine rings is 1. The third-order valence-electron chi connectivity index (χ3n) is 3.83. The van der Waals surface area contributed by atoms with Crippen LogP contribution in [0.1, 0.15) is 38.2 Å². The van der Waals surface area contributed by atoms with Crippen LogP contribution in [0.15, 0.2) is 12.1 Å². The van der Waals surface area contributed by atoms with Gasteiger partial charge in [0.05, 0.1) is 5.56 Å². The number of nitrogens with one attached hydrogen (secondary N) is 1. The number of nitrogens with zero attached hydrogens (tertiary/aromatic N) is 1. The Morgan fingerprint density at radius 1 is 1.25 bits per heavy atom. The predicted octanol–water partition coefficient (Wildman–Crippen LogP) is 4.99. The molecule has 2 rings (SSSR count). The van der Waals surface area contributed by atoms with Gasteiger partial charge in [0.1, 0.15) is 11.0 Å². The van der Waals surface area contributed by atoms with Crippen molar-refractivity contribution in [2.45, 2.75) is 38.8 Å². The highest BCUT2D eigenvalue weighted by Crippen LogP contribution is 2.32. The molecule has 112 valence electrons. The Kier molecular flexibility index (Phi) is 4.78. The summed E-state index contributed by atoms with van der Waals surface area (Å²) in [6.45, 7) is 2.88. The quantitative estimate of drug-likeness (QED) is 0.796. The first-order valence-corrected chi connectivity index (χ1v) is 7.21. The van der Waals surface area contributed by atoms with Crippen LogP contribution in [0.2, 0.25) is 5.15 Å². The van der Waals surface area contributed by atoms with Crippen LogP contribution < -0.4 is 5.32 Å². The average Bonchev–Trinajstić information content (AvgIpc) is 2.36. The Morgan fingerprint density at radius 2 is 1.90 bits per heavy atom. The van der Waals surface area contributed by atoms with Crippen molar-refractivity contribution in [1.82, 2.24) is 4.98 Å². The molecule has 0 spiro atoms. The van der Waals surface area contributed by atoms with Crippen molar-refractivity contribution in [2.24, 2.45) is 11.8 Å². The van der Waals surface area contributed by atoms with Gasteiger partial charge in [0.25, 0.3) is 0 Å². The Morgan fingerprint density at radius 3 is 2.50 bits per heavy atom. The number of hydrogen-bond donors (Lipinski definition) is 1. The van der Waals surface area contributed by atoms with Gasteiger partial charge in [-0.15, -0.1) is 0 Å². The second-order valence-corrected chi connectivity index (χ2v) is 5.96. The zero-order valence-corrected chi connectivity index (χ0v) is 12.1. The molecule has 1 fully saturated rings. The number of rotatable bonds is 3. The van der Waals surface area contributed by atoms with Crippen LogP contribution in [0, 0.1) is 11.8 Å². The van der Waals surface area contributed by atoms with Crippen molar-refractivity contribution in [2.75, 3.05) is 11.9 Å². The van der Waals surface area contributed by atoms with Gasteiger partial charge in [0.15, 0.2) is 0 Å². The van der Waals surface area contributed by atoms with Crippen LogP contribution in [0.5, 0.6) is 0 Å². The number of halogens is 4. The molecule has 0 aliphatic heterocycles. The van der Waals surface area contributed by atoms with Gasteiger partial charge in [0, 0.05) is 6.54 Å². The summed E-state index contributed by atoms with van der Waals surface area (Å²) in [5, 5.41) is 2.85. The minimum Gasteiger partial charge on any atom is -0.370 e. The summed E-state index contributed by atoms with van der Waals surface area (Å²) >= 11 is 5.65. The lowest BCUT2D eigenvalue weighted by molar-refractivity contribution is -0.137. The van der Waals surface area contributed by atoms with E-state index >= 15 is 0 Å². The molecule has 0 amide bonds. The highest BCUT2D eigenvalue weighted by Gasteiger charge is 2.31. The molecular formula is C14H18ClF3N2. The molecule has 1 saturated carbocycles. The minimum atomic E-state index is -4.40. The molecule has 0 aromatic carbocycles. The van der Waals surface area contributed by atoms with Crippen molar-refractivity contribution >= 4 is 17.4 Å². The van der Waals surface area contributed by atoms with Crippen LogP contribution in [-0.2, 0) is 6.18 Å². The van der Waals surface area contributed by atoms with E-state index in [1.165, 1.54) is 12.8 Å². The first-order valence-electron chi connectivity index (χ1n) is 6.83. The first kappa shape index (κ1) is 15.4. The second kappa shape index (κ2) is 6.20. The second-order valence-electron chi connectivity index (χ2n) is 5.57. The van der Waals surface area contributed by atoms with Gasteiger partial charge in [-0.05, 0) is 36.8 Å². The van der Waals surface area contributed by atoms with E-state index < -0.39 is 11.7 Å². The molecule has 0 bridgehead atoms. The summed E-state index contributed by atoms with van der Waals surface area (Å²) < 4.78 is 38.0. The Hall–Kier alpha value is -0.970. The maximum atomic E-state index is 12.7. The molecule has 6 heteroatoms. The topological polar surface area (TPSA) is 24.9 Å². The van der Waals surface area contributed by atoms with E-state index in [1.54, 1.807) is 0 Å². The Labute approximate surface area is 121 Å².